The van der Waals surface area contributed by atoms with E-state index in [0.29, 0.717) is 24.6 Å². The zero-order chi connectivity index (χ0) is 17.9. The number of ether oxygens (including phenoxy) is 1. The zero-order valence-corrected chi connectivity index (χ0v) is 14.8. The summed E-state index contributed by atoms with van der Waals surface area (Å²) < 4.78 is 12.1. The Morgan fingerprint density at radius 1 is 1.31 bits per heavy atom. The normalized spacial score (nSPS) is 11.0. The van der Waals surface area contributed by atoms with Crippen molar-refractivity contribution in [2.75, 3.05) is 13.7 Å². The maximum Gasteiger partial charge on any atom is 0.286 e. The molecular weight excluding hydrogens is 352 g/mol. The fourth-order valence-corrected chi connectivity index (χ4v) is 3.41. The first-order chi connectivity index (χ1) is 12.7. The number of aromatic nitrogens is 3. The predicted octanol–water partition coefficient (Wildman–Crippen LogP) is 3.03. The molecule has 4 rings (SSSR count). The molecule has 0 spiro atoms. The largest absolute Gasteiger partial charge is 0.497 e. The monoisotopic (exact) mass is 368 g/mol. The highest BCUT2D eigenvalue weighted by Crippen LogP contribution is 2.23. The van der Waals surface area contributed by atoms with E-state index < -0.39 is 0 Å². The molecule has 0 aliphatic rings. The minimum atomic E-state index is -0.223. The molecule has 7 nitrogen and oxygen atoms in total. The lowest BCUT2D eigenvalue weighted by atomic mass is 10.2. The maximum absolute atomic E-state index is 11.9. The predicted molar refractivity (Wildman–Crippen MR) is 97.6 cm³/mol. The molecule has 8 heteroatoms. The van der Waals surface area contributed by atoms with Crippen molar-refractivity contribution in [1.29, 1.82) is 0 Å². The van der Waals surface area contributed by atoms with Crippen LogP contribution in [0.15, 0.2) is 52.5 Å². The molecule has 3 heterocycles. The number of carbonyl (C=O) groups excluding carboxylic acids is 1. The van der Waals surface area contributed by atoms with Crippen molar-refractivity contribution in [3.63, 3.8) is 0 Å². The van der Waals surface area contributed by atoms with Crippen LogP contribution in [0.1, 0.15) is 16.2 Å². The van der Waals surface area contributed by atoms with Crippen LogP contribution in [-0.4, -0.2) is 34.2 Å². The van der Waals surface area contributed by atoms with Gasteiger partial charge in [0.05, 0.1) is 19.1 Å². The van der Waals surface area contributed by atoms with Crippen molar-refractivity contribution in [2.45, 2.75) is 6.42 Å². The third-order valence-electron chi connectivity index (χ3n) is 3.91. The number of thiazole rings is 1. The Morgan fingerprint density at radius 3 is 2.88 bits per heavy atom. The Kier molecular flexibility index (Phi) is 4.40. The lowest BCUT2D eigenvalue weighted by Gasteiger charge is -2.02. The first kappa shape index (κ1) is 16.3. The number of methoxy groups -OCH3 is 1. The van der Waals surface area contributed by atoms with Gasteiger partial charge >= 0.3 is 0 Å². The second kappa shape index (κ2) is 7.01. The average Bonchev–Trinajstić information content (AvgIpc) is 3.40. The Bertz CT molecular complexity index is 1020. The molecule has 132 valence electrons. The minimum Gasteiger partial charge on any atom is -0.497 e. The quantitative estimate of drug-likeness (QED) is 0.566. The molecule has 0 aliphatic carbocycles. The molecule has 3 aromatic heterocycles. The molecule has 1 aromatic carbocycles. The van der Waals surface area contributed by atoms with Gasteiger partial charge in [0.25, 0.3) is 5.91 Å². The number of benzene rings is 1. The molecule has 0 atom stereocenters. The van der Waals surface area contributed by atoms with Gasteiger partial charge in [-0.3, -0.25) is 4.79 Å². The molecule has 1 amide bonds. The van der Waals surface area contributed by atoms with Crippen molar-refractivity contribution in [2.24, 2.45) is 0 Å². The number of fused-ring (bicyclic) bond motifs is 1. The number of amides is 1. The first-order valence-corrected chi connectivity index (χ1v) is 8.92. The summed E-state index contributed by atoms with van der Waals surface area (Å²) in [6, 6.07) is 11.0. The summed E-state index contributed by atoms with van der Waals surface area (Å²) in [6.45, 7) is 0.489. The van der Waals surface area contributed by atoms with Gasteiger partial charge in [0.2, 0.25) is 4.96 Å². The molecule has 0 bridgehead atoms. The number of furan rings is 1. The summed E-state index contributed by atoms with van der Waals surface area (Å²) in [6.07, 6.45) is 2.13. The molecule has 0 saturated carbocycles. The maximum atomic E-state index is 11.9. The number of rotatable bonds is 6. The summed E-state index contributed by atoms with van der Waals surface area (Å²) in [7, 11) is 1.64. The number of nitrogens with one attached hydrogen (secondary N) is 1. The van der Waals surface area contributed by atoms with Crippen molar-refractivity contribution in [1.82, 2.24) is 19.9 Å². The van der Waals surface area contributed by atoms with Crippen LogP contribution in [0.3, 0.4) is 0 Å². The van der Waals surface area contributed by atoms with Crippen LogP contribution in [0.5, 0.6) is 5.75 Å². The molecule has 4 aromatic rings. The number of nitrogens with zero attached hydrogens (tertiary/aromatic N) is 3. The van der Waals surface area contributed by atoms with Crippen LogP contribution in [0.2, 0.25) is 0 Å². The summed E-state index contributed by atoms with van der Waals surface area (Å²) in [5, 5.41) is 9.43. The van der Waals surface area contributed by atoms with Crippen LogP contribution >= 0.6 is 11.3 Å². The standard InChI is InChI=1S/C18H16N4O3S/c1-24-14-6-4-12(5-7-14)16-20-18-22(21-16)13(11-26-18)8-9-19-17(23)15-3-2-10-25-15/h2-7,10-11H,8-9H2,1H3,(H,19,23). The van der Waals surface area contributed by atoms with Crippen LogP contribution in [0, 0.1) is 0 Å². The van der Waals surface area contributed by atoms with E-state index in [2.05, 4.69) is 15.4 Å². The Morgan fingerprint density at radius 2 is 2.15 bits per heavy atom. The van der Waals surface area contributed by atoms with E-state index in [-0.39, 0.29) is 5.91 Å². The Hall–Kier alpha value is -3.13. The van der Waals surface area contributed by atoms with E-state index >= 15 is 0 Å². The fourth-order valence-electron chi connectivity index (χ4n) is 2.56. The number of hydrogen-bond donors (Lipinski definition) is 1. The van der Waals surface area contributed by atoms with Crippen molar-refractivity contribution in [3.8, 4) is 17.1 Å². The molecule has 0 fully saturated rings. The van der Waals surface area contributed by atoms with Gasteiger partial charge in [-0.15, -0.1) is 16.4 Å². The second-order valence-electron chi connectivity index (χ2n) is 5.57. The smallest absolute Gasteiger partial charge is 0.286 e. The van der Waals surface area contributed by atoms with Gasteiger partial charge in [0.15, 0.2) is 11.6 Å². The van der Waals surface area contributed by atoms with Gasteiger partial charge in [-0.25, -0.2) is 4.52 Å². The Labute approximate surface area is 153 Å². The fraction of sp³-hybridized carbons (Fsp3) is 0.167. The van der Waals surface area contributed by atoms with Crippen LogP contribution in [-0.2, 0) is 6.42 Å². The summed E-state index contributed by atoms with van der Waals surface area (Å²) in [4.78, 5) is 17.3. The molecule has 0 unspecified atom stereocenters. The lowest BCUT2D eigenvalue weighted by molar-refractivity contribution is 0.0926. The van der Waals surface area contributed by atoms with Crippen molar-refractivity contribution in [3.05, 3.63) is 59.5 Å². The molecule has 0 aliphatic heterocycles. The van der Waals surface area contributed by atoms with Crippen LogP contribution < -0.4 is 10.1 Å². The van der Waals surface area contributed by atoms with Crippen LogP contribution in [0.4, 0.5) is 0 Å². The molecular formula is C18H16N4O3S. The van der Waals surface area contributed by atoms with E-state index in [1.807, 2.05) is 34.2 Å². The van der Waals surface area contributed by atoms with Crippen molar-refractivity contribution < 1.29 is 13.9 Å². The van der Waals surface area contributed by atoms with Gasteiger partial charge in [-0.05, 0) is 36.4 Å². The highest BCUT2D eigenvalue weighted by Gasteiger charge is 2.13. The van der Waals surface area contributed by atoms with Crippen LogP contribution in [0.25, 0.3) is 16.3 Å². The third-order valence-corrected chi connectivity index (χ3v) is 4.77. The van der Waals surface area contributed by atoms with Gasteiger partial charge in [-0.1, -0.05) is 0 Å². The third kappa shape index (κ3) is 3.18. The Balaban J connectivity index is 1.46. The van der Waals surface area contributed by atoms with Gasteiger partial charge in [0.1, 0.15) is 5.75 Å². The summed E-state index contributed by atoms with van der Waals surface area (Å²) in [5.41, 5.74) is 1.93. The highest BCUT2D eigenvalue weighted by molar-refractivity contribution is 7.15. The average molecular weight is 368 g/mol. The van der Waals surface area contributed by atoms with E-state index in [1.165, 1.54) is 17.6 Å². The summed E-state index contributed by atoms with van der Waals surface area (Å²) in [5.74, 6) is 1.55. The van der Waals surface area contributed by atoms with Gasteiger partial charge < -0.3 is 14.5 Å². The summed E-state index contributed by atoms with van der Waals surface area (Å²) >= 11 is 1.53. The molecule has 0 radical (unpaired) electrons. The van der Waals surface area contributed by atoms with E-state index in [0.717, 1.165) is 22.0 Å². The molecule has 1 N–H and O–H groups in total. The molecule has 0 saturated heterocycles. The highest BCUT2D eigenvalue weighted by atomic mass is 32.1. The minimum absolute atomic E-state index is 0.223. The molecule has 26 heavy (non-hydrogen) atoms. The number of carbonyl (C=O) groups is 1. The number of hydrogen-bond acceptors (Lipinski definition) is 6. The van der Waals surface area contributed by atoms with Crippen molar-refractivity contribution >= 4 is 22.2 Å². The topological polar surface area (TPSA) is 81.7 Å². The van der Waals surface area contributed by atoms with E-state index in [1.54, 1.807) is 19.2 Å². The van der Waals surface area contributed by atoms with E-state index in [9.17, 15) is 4.79 Å². The second-order valence-corrected chi connectivity index (χ2v) is 6.41. The zero-order valence-electron chi connectivity index (χ0n) is 14.0. The SMILES string of the molecule is COc1ccc(-c2nc3scc(CCNC(=O)c4ccco4)n3n2)cc1. The first-order valence-electron chi connectivity index (χ1n) is 8.04. The van der Waals surface area contributed by atoms with Gasteiger partial charge in [0, 0.05) is 23.9 Å². The van der Waals surface area contributed by atoms with E-state index in [4.69, 9.17) is 9.15 Å². The van der Waals surface area contributed by atoms with Gasteiger partial charge in [-0.2, -0.15) is 4.98 Å². The lowest BCUT2D eigenvalue weighted by Crippen LogP contribution is -2.25.